The molecule has 0 heterocycles. The minimum absolute atomic E-state index is 0.336. The quantitative estimate of drug-likeness (QED) is 0.503. The maximum Gasteiger partial charge on any atom is 0.229 e. The van der Waals surface area contributed by atoms with Gasteiger partial charge in [0.25, 0.3) is 0 Å². The zero-order valence-corrected chi connectivity index (χ0v) is 17.1. The van der Waals surface area contributed by atoms with Gasteiger partial charge in [0.1, 0.15) is 0 Å². The van der Waals surface area contributed by atoms with E-state index >= 15 is 0 Å². The Bertz CT molecular complexity index is 877. The smallest absolute Gasteiger partial charge is 0.229 e. The van der Waals surface area contributed by atoms with Gasteiger partial charge >= 0.3 is 0 Å². The number of para-hydroxylation sites is 1. The molecule has 0 aromatic heterocycles. The lowest BCUT2D eigenvalue weighted by atomic mass is 10.0. The molecule has 6 nitrogen and oxygen atoms in total. The van der Waals surface area contributed by atoms with Crippen molar-refractivity contribution in [2.45, 2.75) is 26.3 Å². The first-order valence-electron chi connectivity index (χ1n) is 8.85. The summed E-state index contributed by atoms with van der Waals surface area (Å²) in [4.78, 5) is 4.24. The van der Waals surface area contributed by atoms with Gasteiger partial charge in [-0.15, -0.1) is 0 Å². The fraction of sp³-hybridized carbons (Fsp3) is 0.350. The van der Waals surface area contributed by atoms with E-state index in [4.69, 9.17) is 0 Å². The number of nitrogens with zero attached hydrogens (tertiary/aromatic N) is 1. The van der Waals surface area contributed by atoms with Crippen LogP contribution in [-0.2, 0) is 16.6 Å². The monoisotopic (exact) mass is 388 g/mol. The van der Waals surface area contributed by atoms with E-state index in [1.807, 2.05) is 12.1 Å². The lowest BCUT2D eigenvalue weighted by Gasteiger charge is -2.17. The summed E-state index contributed by atoms with van der Waals surface area (Å²) in [5, 5.41) is 6.55. The van der Waals surface area contributed by atoms with Gasteiger partial charge in [-0.1, -0.05) is 55.0 Å². The zero-order chi connectivity index (χ0) is 19.9. The van der Waals surface area contributed by atoms with Gasteiger partial charge in [0, 0.05) is 20.1 Å². The van der Waals surface area contributed by atoms with Gasteiger partial charge in [0.15, 0.2) is 5.96 Å². The van der Waals surface area contributed by atoms with E-state index in [0.717, 1.165) is 18.4 Å². The SMILES string of the molecule is CN=C(NCc1ccccc1NS(C)(=O)=O)NCC(C)c1ccc(C)cc1. The van der Waals surface area contributed by atoms with Crippen molar-refractivity contribution in [2.24, 2.45) is 4.99 Å². The average Bonchev–Trinajstić information content (AvgIpc) is 2.62. The maximum absolute atomic E-state index is 11.5. The Morgan fingerprint density at radius 2 is 1.74 bits per heavy atom. The van der Waals surface area contributed by atoms with Gasteiger partial charge in [-0.25, -0.2) is 8.42 Å². The van der Waals surface area contributed by atoms with Crippen LogP contribution in [0.3, 0.4) is 0 Å². The molecule has 2 aromatic rings. The minimum Gasteiger partial charge on any atom is -0.356 e. The summed E-state index contributed by atoms with van der Waals surface area (Å²) in [6.07, 6.45) is 1.14. The summed E-state index contributed by atoms with van der Waals surface area (Å²) >= 11 is 0. The lowest BCUT2D eigenvalue weighted by Crippen LogP contribution is -2.38. The number of hydrogen-bond donors (Lipinski definition) is 3. The molecular weight excluding hydrogens is 360 g/mol. The predicted molar refractivity (Wildman–Crippen MR) is 113 cm³/mol. The first kappa shape index (κ1) is 20.8. The fourth-order valence-corrected chi connectivity index (χ4v) is 3.23. The first-order valence-corrected chi connectivity index (χ1v) is 10.7. The third-order valence-electron chi connectivity index (χ3n) is 4.20. The predicted octanol–water partition coefficient (Wildman–Crippen LogP) is 2.84. The van der Waals surface area contributed by atoms with Crippen LogP contribution >= 0.6 is 0 Å². The van der Waals surface area contributed by atoms with E-state index in [-0.39, 0.29) is 0 Å². The van der Waals surface area contributed by atoms with Crippen molar-refractivity contribution in [1.82, 2.24) is 10.6 Å². The molecule has 0 spiro atoms. The van der Waals surface area contributed by atoms with Crippen LogP contribution in [0, 0.1) is 6.92 Å². The summed E-state index contributed by atoms with van der Waals surface area (Å²) in [5.41, 5.74) is 3.93. The van der Waals surface area contributed by atoms with Crippen molar-refractivity contribution in [3.63, 3.8) is 0 Å². The molecule has 0 fully saturated rings. The van der Waals surface area contributed by atoms with E-state index in [2.05, 4.69) is 58.5 Å². The van der Waals surface area contributed by atoms with Crippen LogP contribution in [0.15, 0.2) is 53.5 Å². The van der Waals surface area contributed by atoms with Crippen LogP contribution in [0.2, 0.25) is 0 Å². The molecule has 0 aliphatic carbocycles. The van der Waals surface area contributed by atoms with Gasteiger partial charge < -0.3 is 10.6 Å². The Balaban J connectivity index is 1.93. The molecule has 1 atom stereocenters. The molecule has 0 saturated heterocycles. The summed E-state index contributed by atoms with van der Waals surface area (Å²) in [5.74, 6) is 1.01. The van der Waals surface area contributed by atoms with Crippen molar-refractivity contribution >= 4 is 21.7 Å². The van der Waals surface area contributed by atoms with Crippen molar-refractivity contribution in [2.75, 3.05) is 24.6 Å². The molecule has 0 amide bonds. The molecule has 146 valence electrons. The molecule has 3 N–H and O–H groups in total. The number of nitrogens with one attached hydrogen (secondary N) is 3. The van der Waals surface area contributed by atoms with E-state index in [0.29, 0.717) is 24.1 Å². The largest absolute Gasteiger partial charge is 0.356 e. The number of aryl methyl sites for hydroxylation is 1. The summed E-state index contributed by atoms with van der Waals surface area (Å²) < 4.78 is 25.6. The molecule has 2 aromatic carbocycles. The number of aliphatic imine (C=N–C) groups is 1. The standard InChI is InChI=1S/C20H28N4O2S/c1-15-9-11-17(12-10-15)16(2)13-22-20(21-3)23-14-18-7-5-6-8-19(18)24-27(4,25)26/h5-12,16,24H,13-14H2,1-4H3,(H2,21,22,23). The number of anilines is 1. The Hall–Kier alpha value is -2.54. The first-order chi connectivity index (χ1) is 12.8. The maximum atomic E-state index is 11.5. The average molecular weight is 389 g/mol. The minimum atomic E-state index is -3.32. The van der Waals surface area contributed by atoms with E-state index in [1.54, 1.807) is 19.2 Å². The summed E-state index contributed by atoms with van der Waals surface area (Å²) in [7, 11) is -1.61. The van der Waals surface area contributed by atoms with Crippen molar-refractivity contribution < 1.29 is 8.42 Å². The van der Waals surface area contributed by atoms with E-state index in [9.17, 15) is 8.42 Å². The number of rotatable bonds is 7. The second-order valence-electron chi connectivity index (χ2n) is 6.65. The molecule has 7 heteroatoms. The molecule has 0 bridgehead atoms. The fourth-order valence-electron chi connectivity index (χ4n) is 2.64. The number of benzene rings is 2. The molecule has 0 aliphatic heterocycles. The Morgan fingerprint density at radius 1 is 1.07 bits per heavy atom. The van der Waals surface area contributed by atoms with Crippen LogP contribution in [0.5, 0.6) is 0 Å². The molecular formula is C20H28N4O2S. The normalized spacial score (nSPS) is 13.1. The summed E-state index contributed by atoms with van der Waals surface area (Å²) in [6, 6.07) is 15.8. The highest BCUT2D eigenvalue weighted by atomic mass is 32.2. The van der Waals surface area contributed by atoms with Crippen LogP contribution in [0.25, 0.3) is 0 Å². The van der Waals surface area contributed by atoms with Gasteiger partial charge in [0.2, 0.25) is 10.0 Å². The molecule has 27 heavy (non-hydrogen) atoms. The van der Waals surface area contributed by atoms with Gasteiger partial charge in [-0.3, -0.25) is 9.71 Å². The Labute approximate surface area is 162 Å². The van der Waals surface area contributed by atoms with Crippen LogP contribution < -0.4 is 15.4 Å². The number of guanidine groups is 1. The van der Waals surface area contributed by atoms with E-state index < -0.39 is 10.0 Å². The Kier molecular flexibility index (Phi) is 7.24. The topological polar surface area (TPSA) is 82.6 Å². The van der Waals surface area contributed by atoms with Crippen molar-refractivity contribution in [3.8, 4) is 0 Å². The summed E-state index contributed by atoms with van der Waals surface area (Å²) in [6.45, 7) is 5.44. The highest BCUT2D eigenvalue weighted by Crippen LogP contribution is 2.16. The highest BCUT2D eigenvalue weighted by molar-refractivity contribution is 7.92. The van der Waals surface area contributed by atoms with Crippen LogP contribution in [0.1, 0.15) is 29.5 Å². The number of hydrogen-bond acceptors (Lipinski definition) is 3. The van der Waals surface area contributed by atoms with Crippen LogP contribution in [0.4, 0.5) is 5.69 Å². The van der Waals surface area contributed by atoms with Crippen LogP contribution in [-0.4, -0.2) is 34.2 Å². The third-order valence-corrected chi connectivity index (χ3v) is 4.80. The van der Waals surface area contributed by atoms with Gasteiger partial charge in [0.05, 0.1) is 11.9 Å². The molecule has 1 unspecified atom stereocenters. The second-order valence-corrected chi connectivity index (χ2v) is 8.40. The van der Waals surface area contributed by atoms with Crippen molar-refractivity contribution in [3.05, 3.63) is 65.2 Å². The van der Waals surface area contributed by atoms with Gasteiger partial charge in [-0.2, -0.15) is 0 Å². The lowest BCUT2D eigenvalue weighted by molar-refractivity contribution is 0.606. The van der Waals surface area contributed by atoms with Crippen molar-refractivity contribution in [1.29, 1.82) is 0 Å². The molecule has 0 radical (unpaired) electrons. The Morgan fingerprint density at radius 3 is 2.37 bits per heavy atom. The number of sulfonamides is 1. The highest BCUT2D eigenvalue weighted by Gasteiger charge is 2.09. The molecule has 0 aliphatic rings. The third kappa shape index (κ3) is 6.94. The van der Waals surface area contributed by atoms with E-state index in [1.165, 1.54) is 11.1 Å². The molecule has 0 saturated carbocycles. The molecule has 2 rings (SSSR count). The van der Waals surface area contributed by atoms with Gasteiger partial charge in [-0.05, 0) is 30.0 Å². The zero-order valence-electron chi connectivity index (χ0n) is 16.3. The second kappa shape index (κ2) is 9.41.